The molecule has 2 atom stereocenters. The maximum atomic E-state index is 10.6. The molecule has 2 nitrogen and oxygen atoms in total. The van der Waals surface area contributed by atoms with E-state index in [-0.39, 0.29) is 6.04 Å². The van der Waals surface area contributed by atoms with Crippen molar-refractivity contribution in [3.05, 3.63) is 34.4 Å². The van der Waals surface area contributed by atoms with Gasteiger partial charge in [-0.25, -0.2) is 0 Å². The van der Waals surface area contributed by atoms with Gasteiger partial charge in [-0.1, -0.05) is 31.5 Å². The highest BCUT2D eigenvalue weighted by molar-refractivity contribution is 5.39. The molecular formula is C16H27NO. The van der Waals surface area contributed by atoms with E-state index in [2.05, 4.69) is 52.1 Å². The van der Waals surface area contributed by atoms with Crippen molar-refractivity contribution < 1.29 is 5.11 Å². The summed E-state index contributed by atoms with van der Waals surface area (Å²) in [6, 6.07) is 4.45. The van der Waals surface area contributed by atoms with Crippen molar-refractivity contribution in [3.63, 3.8) is 0 Å². The van der Waals surface area contributed by atoms with E-state index in [4.69, 9.17) is 0 Å². The average molecular weight is 249 g/mol. The minimum Gasteiger partial charge on any atom is -0.387 e. The molecule has 102 valence electrons. The molecule has 0 aliphatic carbocycles. The lowest BCUT2D eigenvalue weighted by molar-refractivity contribution is 0.125. The third-order valence-electron chi connectivity index (χ3n) is 3.51. The van der Waals surface area contributed by atoms with Gasteiger partial charge in [0.05, 0.1) is 6.10 Å². The van der Waals surface area contributed by atoms with Crippen molar-refractivity contribution in [1.29, 1.82) is 0 Å². The normalized spacial score (nSPS) is 14.6. The fourth-order valence-corrected chi connectivity index (χ4v) is 2.67. The second kappa shape index (κ2) is 6.91. The van der Waals surface area contributed by atoms with E-state index in [0.29, 0.717) is 0 Å². The number of hydrogen-bond donors (Lipinski definition) is 2. The molecule has 0 saturated carbocycles. The summed E-state index contributed by atoms with van der Waals surface area (Å²) in [5.74, 6) is 0. The maximum Gasteiger partial charge on any atom is 0.0947 e. The Morgan fingerprint density at radius 1 is 1.11 bits per heavy atom. The third-order valence-corrected chi connectivity index (χ3v) is 3.51. The molecule has 0 spiro atoms. The van der Waals surface area contributed by atoms with Gasteiger partial charge in [0.1, 0.15) is 0 Å². The van der Waals surface area contributed by atoms with E-state index in [1.807, 2.05) is 0 Å². The van der Waals surface area contributed by atoms with Crippen LogP contribution in [-0.4, -0.2) is 17.7 Å². The van der Waals surface area contributed by atoms with Crippen LogP contribution in [0.15, 0.2) is 12.1 Å². The highest BCUT2D eigenvalue weighted by Gasteiger charge is 2.21. The first-order valence-electron chi connectivity index (χ1n) is 7.00. The Balaban J connectivity index is 2.97. The Hall–Kier alpha value is -0.860. The van der Waals surface area contributed by atoms with Crippen LogP contribution in [0.25, 0.3) is 0 Å². The predicted octanol–water partition coefficient (Wildman–Crippen LogP) is 3.42. The highest BCUT2D eigenvalue weighted by atomic mass is 16.3. The summed E-state index contributed by atoms with van der Waals surface area (Å²) in [5, 5.41) is 14.0. The zero-order valence-corrected chi connectivity index (χ0v) is 12.4. The molecule has 1 aromatic carbocycles. The van der Waals surface area contributed by atoms with Crippen LogP contribution >= 0.6 is 0 Å². The molecular weight excluding hydrogens is 222 g/mol. The molecule has 2 heteroatoms. The topological polar surface area (TPSA) is 32.3 Å². The summed E-state index contributed by atoms with van der Waals surface area (Å²) >= 11 is 0. The van der Waals surface area contributed by atoms with E-state index in [0.717, 1.165) is 24.9 Å². The Kier molecular flexibility index (Phi) is 5.83. The van der Waals surface area contributed by atoms with Gasteiger partial charge >= 0.3 is 0 Å². The zero-order valence-electron chi connectivity index (χ0n) is 12.4. The predicted molar refractivity (Wildman–Crippen MR) is 78.0 cm³/mol. The summed E-state index contributed by atoms with van der Waals surface area (Å²) in [6.45, 7) is 11.5. The highest BCUT2D eigenvalue weighted by Crippen LogP contribution is 2.27. The van der Waals surface area contributed by atoms with Gasteiger partial charge in [-0.15, -0.1) is 0 Å². The monoisotopic (exact) mass is 249 g/mol. The number of hydrogen-bond acceptors (Lipinski definition) is 2. The maximum absolute atomic E-state index is 10.6. The van der Waals surface area contributed by atoms with Crippen LogP contribution in [0, 0.1) is 20.8 Å². The van der Waals surface area contributed by atoms with E-state index in [9.17, 15) is 5.11 Å². The molecule has 0 aliphatic rings. The minimum atomic E-state index is -0.415. The number of aryl methyl sites for hydroxylation is 3. The van der Waals surface area contributed by atoms with E-state index >= 15 is 0 Å². The lowest BCUT2D eigenvalue weighted by Crippen LogP contribution is -2.35. The molecule has 2 N–H and O–H groups in total. The first kappa shape index (κ1) is 15.2. The summed E-state index contributed by atoms with van der Waals surface area (Å²) in [7, 11) is 0. The van der Waals surface area contributed by atoms with Gasteiger partial charge in [-0.2, -0.15) is 0 Å². The van der Waals surface area contributed by atoms with Crippen molar-refractivity contribution in [3.8, 4) is 0 Å². The third kappa shape index (κ3) is 3.56. The van der Waals surface area contributed by atoms with Crippen LogP contribution < -0.4 is 5.32 Å². The van der Waals surface area contributed by atoms with E-state index in [1.165, 1.54) is 16.7 Å². The summed E-state index contributed by atoms with van der Waals surface area (Å²) in [5.41, 5.74) is 4.74. The SMILES string of the molecule is CCCNC(CC)C(O)c1c(C)cc(C)cc1C. The summed E-state index contributed by atoms with van der Waals surface area (Å²) in [4.78, 5) is 0. The van der Waals surface area contributed by atoms with Gasteiger partial charge in [0, 0.05) is 6.04 Å². The first-order chi connectivity index (χ1) is 8.51. The van der Waals surface area contributed by atoms with Crippen LogP contribution in [0.1, 0.15) is 55.0 Å². The molecule has 1 aromatic rings. The fourth-order valence-electron chi connectivity index (χ4n) is 2.67. The summed E-state index contributed by atoms with van der Waals surface area (Å²) < 4.78 is 0. The van der Waals surface area contributed by atoms with Crippen molar-refractivity contribution in [2.45, 2.75) is 59.6 Å². The van der Waals surface area contributed by atoms with Crippen LogP contribution in [0.5, 0.6) is 0 Å². The van der Waals surface area contributed by atoms with Gasteiger partial charge in [0.15, 0.2) is 0 Å². The average Bonchev–Trinajstić information content (AvgIpc) is 2.28. The molecule has 18 heavy (non-hydrogen) atoms. The molecule has 0 saturated heterocycles. The molecule has 0 amide bonds. The van der Waals surface area contributed by atoms with Gasteiger partial charge in [-0.05, 0) is 56.8 Å². The van der Waals surface area contributed by atoms with Gasteiger partial charge in [0.25, 0.3) is 0 Å². The molecule has 0 aromatic heterocycles. The largest absolute Gasteiger partial charge is 0.387 e. The van der Waals surface area contributed by atoms with Crippen molar-refractivity contribution in [2.75, 3.05) is 6.54 Å². The van der Waals surface area contributed by atoms with Crippen LogP contribution in [0.3, 0.4) is 0 Å². The van der Waals surface area contributed by atoms with Gasteiger partial charge in [0.2, 0.25) is 0 Å². The van der Waals surface area contributed by atoms with E-state index in [1.54, 1.807) is 0 Å². The lowest BCUT2D eigenvalue weighted by atomic mass is 9.91. The molecule has 0 bridgehead atoms. The van der Waals surface area contributed by atoms with Crippen molar-refractivity contribution in [2.24, 2.45) is 0 Å². The number of aliphatic hydroxyl groups is 1. The Morgan fingerprint density at radius 3 is 2.11 bits per heavy atom. The molecule has 0 heterocycles. The van der Waals surface area contributed by atoms with E-state index < -0.39 is 6.10 Å². The molecule has 2 unspecified atom stereocenters. The van der Waals surface area contributed by atoms with Gasteiger partial charge < -0.3 is 10.4 Å². The number of rotatable bonds is 6. The lowest BCUT2D eigenvalue weighted by Gasteiger charge is -2.26. The molecule has 1 rings (SSSR count). The van der Waals surface area contributed by atoms with Crippen LogP contribution in [0.4, 0.5) is 0 Å². The van der Waals surface area contributed by atoms with Gasteiger partial charge in [-0.3, -0.25) is 0 Å². The molecule has 0 radical (unpaired) electrons. The fraction of sp³-hybridized carbons (Fsp3) is 0.625. The van der Waals surface area contributed by atoms with Crippen LogP contribution in [-0.2, 0) is 0 Å². The first-order valence-corrected chi connectivity index (χ1v) is 7.00. The quantitative estimate of drug-likeness (QED) is 0.809. The second-order valence-corrected chi connectivity index (χ2v) is 5.23. The standard InChI is InChI=1S/C16H27NO/c1-6-8-17-14(7-2)16(18)15-12(4)9-11(3)10-13(15)5/h9-10,14,16-18H,6-8H2,1-5H3. The number of nitrogens with one attached hydrogen (secondary N) is 1. The van der Waals surface area contributed by atoms with Crippen molar-refractivity contribution >= 4 is 0 Å². The van der Waals surface area contributed by atoms with Crippen molar-refractivity contribution in [1.82, 2.24) is 5.32 Å². The smallest absolute Gasteiger partial charge is 0.0947 e. The van der Waals surface area contributed by atoms with Crippen LogP contribution in [0.2, 0.25) is 0 Å². The molecule has 0 fully saturated rings. The summed E-state index contributed by atoms with van der Waals surface area (Å²) in [6.07, 6.45) is 1.62. The Labute approximate surface area is 111 Å². The molecule has 0 aliphatic heterocycles. The zero-order chi connectivity index (χ0) is 13.7. The number of benzene rings is 1. The Bertz CT molecular complexity index is 364. The number of aliphatic hydroxyl groups excluding tert-OH is 1. The second-order valence-electron chi connectivity index (χ2n) is 5.23. The Morgan fingerprint density at radius 2 is 1.67 bits per heavy atom. The minimum absolute atomic E-state index is 0.144.